The highest BCUT2D eigenvalue weighted by Crippen LogP contribution is 2.20. The van der Waals surface area contributed by atoms with E-state index in [1.165, 1.54) is 11.1 Å². The van der Waals surface area contributed by atoms with E-state index in [0.29, 0.717) is 11.8 Å². The summed E-state index contributed by atoms with van der Waals surface area (Å²) < 4.78 is 5.81. The predicted octanol–water partition coefficient (Wildman–Crippen LogP) is 4.18. The van der Waals surface area contributed by atoms with Crippen molar-refractivity contribution in [3.63, 3.8) is 0 Å². The number of nitrogens with zero attached hydrogens (tertiary/aromatic N) is 1. The van der Waals surface area contributed by atoms with Gasteiger partial charge in [-0.15, -0.1) is 0 Å². The molecule has 0 spiro atoms. The number of rotatable bonds is 7. The van der Waals surface area contributed by atoms with E-state index >= 15 is 0 Å². The van der Waals surface area contributed by atoms with E-state index < -0.39 is 0 Å². The van der Waals surface area contributed by atoms with E-state index in [0.717, 1.165) is 25.3 Å². The number of aromatic nitrogens is 1. The second-order valence-electron chi connectivity index (χ2n) is 5.63. The van der Waals surface area contributed by atoms with Crippen LogP contribution in [0.4, 0.5) is 0 Å². The third-order valence-corrected chi connectivity index (χ3v) is 3.23. The van der Waals surface area contributed by atoms with Gasteiger partial charge in [-0.05, 0) is 48.2 Å². The summed E-state index contributed by atoms with van der Waals surface area (Å²) in [6, 6.07) is 12.2. The lowest BCUT2D eigenvalue weighted by atomic mass is 10.2. The van der Waals surface area contributed by atoms with E-state index in [2.05, 4.69) is 43.2 Å². The highest BCUT2D eigenvalue weighted by atomic mass is 16.5. The Morgan fingerprint density at radius 1 is 1.10 bits per heavy atom. The predicted molar refractivity (Wildman–Crippen MR) is 86.7 cm³/mol. The standard InChI is InChI=1S/C18H24N2O/c1-4-15-5-7-17(8-6-15)21-18-11-16(9-10-20-18)13-19-12-14(2)3/h5-11,14,19H,4,12-13H2,1-3H3. The zero-order valence-corrected chi connectivity index (χ0v) is 13.1. The van der Waals surface area contributed by atoms with Gasteiger partial charge in [0.15, 0.2) is 0 Å². The van der Waals surface area contributed by atoms with Gasteiger partial charge in [0.05, 0.1) is 0 Å². The molecule has 21 heavy (non-hydrogen) atoms. The molecule has 0 atom stereocenters. The van der Waals surface area contributed by atoms with Crippen LogP contribution in [0.1, 0.15) is 31.9 Å². The van der Waals surface area contributed by atoms with Crippen LogP contribution in [0.2, 0.25) is 0 Å². The molecule has 0 fully saturated rings. The lowest BCUT2D eigenvalue weighted by Gasteiger charge is -2.09. The Labute approximate surface area is 127 Å². The molecule has 0 saturated carbocycles. The highest BCUT2D eigenvalue weighted by molar-refractivity contribution is 5.31. The van der Waals surface area contributed by atoms with Crippen molar-refractivity contribution in [1.29, 1.82) is 0 Å². The monoisotopic (exact) mass is 284 g/mol. The average Bonchev–Trinajstić information content (AvgIpc) is 2.48. The molecule has 112 valence electrons. The second-order valence-corrected chi connectivity index (χ2v) is 5.63. The largest absolute Gasteiger partial charge is 0.439 e. The molecule has 2 aromatic rings. The van der Waals surface area contributed by atoms with E-state index in [4.69, 9.17) is 4.74 Å². The molecule has 1 heterocycles. The fraction of sp³-hybridized carbons (Fsp3) is 0.389. The summed E-state index contributed by atoms with van der Waals surface area (Å²) in [6.45, 7) is 8.40. The fourth-order valence-electron chi connectivity index (χ4n) is 2.04. The van der Waals surface area contributed by atoms with Gasteiger partial charge in [0.25, 0.3) is 0 Å². The minimum atomic E-state index is 0.642. The Bertz CT molecular complexity index is 549. The maximum absolute atomic E-state index is 5.81. The molecule has 0 aliphatic carbocycles. The van der Waals surface area contributed by atoms with Crippen molar-refractivity contribution in [3.8, 4) is 11.6 Å². The van der Waals surface area contributed by atoms with Gasteiger partial charge in [0.2, 0.25) is 5.88 Å². The van der Waals surface area contributed by atoms with Crippen LogP contribution in [-0.2, 0) is 13.0 Å². The Kier molecular flexibility index (Phi) is 5.76. The third-order valence-electron chi connectivity index (χ3n) is 3.23. The van der Waals surface area contributed by atoms with Crippen molar-refractivity contribution >= 4 is 0 Å². The van der Waals surface area contributed by atoms with Gasteiger partial charge in [0.1, 0.15) is 5.75 Å². The number of aryl methyl sites for hydroxylation is 1. The quantitative estimate of drug-likeness (QED) is 0.828. The molecule has 0 amide bonds. The third kappa shape index (κ3) is 5.20. The molecule has 0 aliphatic rings. The van der Waals surface area contributed by atoms with Crippen molar-refractivity contribution in [3.05, 3.63) is 53.7 Å². The second kappa shape index (κ2) is 7.79. The summed E-state index contributed by atoms with van der Waals surface area (Å²) in [5.41, 5.74) is 2.49. The molecular weight excluding hydrogens is 260 g/mol. The van der Waals surface area contributed by atoms with Crippen molar-refractivity contribution in [2.75, 3.05) is 6.54 Å². The summed E-state index contributed by atoms with van der Waals surface area (Å²) in [7, 11) is 0. The first-order valence-corrected chi connectivity index (χ1v) is 7.60. The molecule has 1 aromatic carbocycles. The van der Waals surface area contributed by atoms with Crippen LogP contribution in [0, 0.1) is 5.92 Å². The van der Waals surface area contributed by atoms with E-state index in [1.807, 2.05) is 24.3 Å². The van der Waals surface area contributed by atoms with Crippen molar-refractivity contribution in [2.45, 2.75) is 33.7 Å². The minimum absolute atomic E-state index is 0.642. The molecular formula is C18H24N2O. The molecule has 0 aliphatic heterocycles. The fourth-order valence-corrected chi connectivity index (χ4v) is 2.04. The van der Waals surface area contributed by atoms with Gasteiger partial charge in [-0.1, -0.05) is 32.9 Å². The van der Waals surface area contributed by atoms with Crippen molar-refractivity contribution < 1.29 is 4.74 Å². The van der Waals surface area contributed by atoms with Crippen LogP contribution < -0.4 is 10.1 Å². The molecule has 0 radical (unpaired) electrons. The number of benzene rings is 1. The number of hydrogen-bond acceptors (Lipinski definition) is 3. The lowest BCUT2D eigenvalue weighted by Crippen LogP contribution is -2.18. The van der Waals surface area contributed by atoms with Crippen LogP contribution in [0.25, 0.3) is 0 Å². The lowest BCUT2D eigenvalue weighted by molar-refractivity contribution is 0.461. The first-order chi connectivity index (χ1) is 10.2. The van der Waals surface area contributed by atoms with Crippen LogP contribution >= 0.6 is 0 Å². The molecule has 3 heteroatoms. The van der Waals surface area contributed by atoms with Crippen molar-refractivity contribution in [2.24, 2.45) is 5.92 Å². The molecule has 1 N–H and O–H groups in total. The summed E-state index contributed by atoms with van der Waals surface area (Å²) >= 11 is 0. The van der Waals surface area contributed by atoms with Gasteiger partial charge in [0, 0.05) is 18.8 Å². The van der Waals surface area contributed by atoms with Gasteiger partial charge >= 0.3 is 0 Å². The summed E-state index contributed by atoms with van der Waals surface area (Å²) in [6.07, 6.45) is 2.83. The maximum atomic E-state index is 5.81. The van der Waals surface area contributed by atoms with E-state index in [-0.39, 0.29) is 0 Å². The zero-order valence-electron chi connectivity index (χ0n) is 13.1. The molecule has 1 aromatic heterocycles. The minimum Gasteiger partial charge on any atom is -0.439 e. The number of hydrogen-bond donors (Lipinski definition) is 1. The maximum Gasteiger partial charge on any atom is 0.219 e. The highest BCUT2D eigenvalue weighted by Gasteiger charge is 2.01. The smallest absolute Gasteiger partial charge is 0.219 e. The zero-order chi connectivity index (χ0) is 15.1. The van der Waals surface area contributed by atoms with Gasteiger partial charge in [-0.2, -0.15) is 0 Å². The summed E-state index contributed by atoms with van der Waals surface area (Å²) in [4.78, 5) is 4.27. The van der Waals surface area contributed by atoms with Crippen molar-refractivity contribution in [1.82, 2.24) is 10.3 Å². The Morgan fingerprint density at radius 2 is 1.86 bits per heavy atom. The Balaban J connectivity index is 1.96. The van der Waals surface area contributed by atoms with Crippen LogP contribution in [0.15, 0.2) is 42.6 Å². The first-order valence-electron chi connectivity index (χ1n) is 7.60. The van der Waals surface area contributed by atoms with Gasteiger partial charge < -0.3 is 10.1 Å². The normalized spacial score (nSPS) is 10.9. The van der Waals surface area contributed by atoms with Gasteiger partial charge in [-0.3, -0.25) is 0 Å². The summed E-state index contributed by atoms with van der Waals surface area (Å²) in [5, 5.41) is 3.42. The molecule has 0 unspecified atom stereocenters. The molecule has 0 bridgehead atoms. The van der Waals surface area contributed by atoms with E-state index in [9.17, 15) is 0 Å². The number of ether oxygens (including phenoxy) is 1. The number of nitrogens with one attached hydrogen (secondary N) is 1. The van der Waals surface area contributed by atoms with E-state index in [1.54, 1.807) is 6.20 Å². The Hall–Kier alpha value is -1.87. The van der Waals surface area contributed by atoms with Crippen LogP contribution in [-0.4, -0.2) is 11.5 Å². The van der Waals surface area contributed by atoms with Gasteiger partial charge in [-0.25, -0.2) is 4.98 Å². The first kappa shape index (κ1) is 15.5. The topological polar surface area (TPSA) is 34.1 Å². The molecule has 0 saturated heterocycles. The SMILES string of the molecule is CCc1ccc(Oc2cc(CNCC(C)C)ccn2)cc1. The average molecular weight is 284 g/mol. The summed E-state index contributed by atoms with van der Waals surface area (Å²) in [5.74, 6) is 2.12. The number of pyridine rings is 1. The molecule has 3 nitrogen and oxygen atoms in total. The molecule has 2 rings (SSSR count). The Morgan fingerprint density at radius 3 is 2.52 bits per heavy atom. The van der Waals surface area contributed by atoms with Crippen LogP contribution in [0.3, 0.4) is 0 Å². The van der Waals surface area contributed by atoms with Crippen LogP contribution in [0.5, 0.6) is 11.6 Å².